The Bertz CT molecular complexity index is 3300. The second kappa shape index (κ2) is 16.6. The first kappa shape index (κ1) is 39.6. The molecule has 9 aromatic rings. The van der Waals surface area contributed by atoms with Crippen LogP contribution >= 0.6 is 0 Å². The van der Waals surface area contributed by atoms with Crippen LogP contribution in [0.2, 0.25) is 0 Å². The summed E-state index contributed by atoms with van der Waals surface area (Å²) in [4.78, 5) is 4.67. The van der Waals surface area contributed by atoms with Crippen molar-refractivity contribution in [2.45, 2.75) is 31.1 Å². The van der Waals surface area contributed by atoms with E-state index in [0.29, 0.717) is 0 Å². The average Bonchev–Trinajstić information content (AvgIpc) is 3.89. The molecule has 316 valence electrons. The molecule has 2 aliphatic carbocycles. The molecule has 2 aliphatic heterocycles. The lowest BCUT2D eigenvalue weighted by Crippen LogP contribution is -2.20. The molecule has 4 aliphatic rings. The van der Waals surface area contributed by atoms with Gasteiger partial charge in [-0.15, -0.1) is 0 Å². The minimum absolute atomic E-state index is 0.201. The zero-order valence-electron chi connectivity index (χ0n) is 37.2. The van der Waals surface area contributed by atoms with Crippen LogP contribution in [-0.4, -0.2) is 7.05 Å². The highest BCUT2D eigenvalue weighted by atomic mass is 15.1. The first-order chi connectivity index (χ1) is 32.6. The van der Waals surface area contributed by atoms with Gasteiger partial charge in [-0.05, 0) is 115 Å². The van der Waals surface area contributed by atoms with Crippen LogP contribution in [0.15, 0.2) is 200 Å². The van der Waals surface area contributed by atoms with E-state index in [2.05, 4.69) is 253 Å². The van der Waals surface area contributed by atoms with Gasteiger partial charge in [-0.3, -0.25) is 0 Å². The highest BCUT2D eigenvalue weighted by molar-refractivity contribution is 6.08. The largest absolute Gasteiger partial charge is 0.344 e. The lowest BCUT2D eigenvalue weighted by molar-refractivity contribution is 0.550. The zero-order valence-corrected chi connectivity index (χ0v) is 37.2. The van der Waals surface area contributed by atoms with Crippen LogP contribution in [0.5, 0.6) is 0 Å². The Hall–Kier alpha value is -7.94. The predicted molar refractivity (Wildman–Crippen MR) is 283 cm³/mol. The van der Waals surface area contributed by atoms with E-state index < -0.39 is 0 Å². The molecule has 2 heterocycles. The minimum Gasteiger partial charge on any atom is -0.344 e. The molecular weight excluding hydrogens is 797 g/mol. The molecule has 9 aromatic carbocycles. The lowest BCUT2D eigenvalue weighted by Gasteiger charge is -2.29. The Morgan fingerprint density at radius 2 is 0.848 bits per heavy atom. The van der Waals surface area contributed by atoms with Gasteiger partial charge in [0, 0.05) is 29.2 Å². The highest BCUT2D eigenvalue weighted by Gasteiger charge is 2.44. The van der Waals surface area contributed by atoms with Crippen molar-refractivity contribution >= 4 is 75.7 Å². The molecule has 0 atom stereocenters. The molecule has 0 bridgehead atoms. The highest BCUT2D eigenvalue weighted by Crippen LogP contribution is 2.57. The molecular formula is C64H50N2. The predicted octanol–water partition coefficient (Wildman–Crippen LogP) is 17.4. The number of para-hydroxylation sites is 4. The van der Waals surface area contributed by atoms with Crippen LogP contribution in [0.25, 0.3) is 69.5 Å². The molecule has 0 aromatic heterocycles. The molecule has 0 N–H and O–H groups in total. The summed E-state index contributed by atoms with van der Waals surface area (Å²) in [5, 5.41) is 2.49. The van der Waals surface area contributed by atoms with E-state index in [9.17, 15) is 0 Å². The molecule has 66 heavy (non-hydrogen) atoms. The first-order valence-electron chi connectivity index (χ1n) is 23.4. The molecule has 0 unspecified atom stereocenters. The normalized spacial score (nSPS) is 14.7. The Morgan fingerprint density at radius 3 is 1.48 bits per heavy atom. The average molecular weight is 847 g/mol. The second-order valence-corrected chi connectivity index (χ2v) is 18.1. The van der Waals surface area contributed by atoms with E-state index >= 15 is 0 Å². The summed E-state index contributed by atoms with van der Waals surface area (Å²) < 4.78 is 0. The van der Waals surface area contributed by atoms with Crippen molar-refractivity contribution in [1.82, 2.24) is 0 Å². The Balaban J connectivity index is 0.000000240. The van der Waals surface area contributed by atoms with Gasteiger partial charge in [-0.1, -0.05) is 219 Å². The van der Waals surface area contributed by atoms with Crippen molar-refractivity contribution in [3.8, 4) is 22.3 Å². The third kappa shape index (κ3) is 6.80. The van der Waals surface area contributed by atoms with Crippen LogP contribution in [0.1, 0.15) is 70.2 Å². The SMILES string of the molecule is C1=Cc2ccccc2N(c2ccc(-c3ccc(/C=C/c4ccc5c(c4)C4(CCCC4)c4ccccc4-5)cc3)c3ccccc23)c2ccccc21.CN1c2ccccc2C=Cc2ccccc21. The topological polar surface area (TPSA) is 6.48 Å². The van der Waals surface area contributed by atoms with Crippen LogP contribution in [-0.2, 0) is 5.41 Å². The summed E-state index contributed by atoms with van der Waals surface area (Å²) in [7, 11) is 2.12. The third-order valence-electron chi connectivity index (χ3n) is 14.4. The van der Waals surface area contributed by atoms with E-state index in [1.54, 1.807) is 5.56 Å². The van der Waals surface area contributed by atoms with Gasteiger partial charge in [0.25, 0.3) is 0 Å². The minimum atomic E-state index is 0.201. The summed E-state index contributed by atoms with van der Waals surface area (Å²) in [5.41, 5.74) is 22.1. The molecule has 2 nitrogen and oxygen atoms in total. The number of fused-ring (bicyclic) bond motifs is 10. The molecule has 0 saturated heterocycles. The van der Waals surface area contributed by atoms with Gasteiger partial charge in [-0.25, -0.2) is 0 Å². The number of benzene rings is 9. The van der Waals surface area contributed by atoms with Gasteiger partial charge in [0.2, 0.25) is 0 Å². The Morgan fingerprint density at radius 1 is 0.379 bits per heavy atom. The first-order valence-corrected chi connectivity index (χ1v) is 23.4. The van der Waals surface area contributed by atoms with Crippen molar-refractivity contribution < 1.29 is 0 Å². The van der Waals surface area contributed by atoms with Crippen LogP contribution < -0.4 is 9.80 Å². The maximum absolute atomic E-state index is 2.47. The monoisotopic (exact) mass is 846 g/mol. The van der Waals surface area contributed by atoms with E-state index in [4.69, 9.17) is 0 Å². The van der Waals surface area contributed by atoms with E-state index in [-0.39, 0.29) is 5.41 Å². The summed E-state index contributed by atoms with van der Waals surface area (Å²) in [5.74, 6) is 0. The number of hydrogen-bond acceptors (Lipinski definition) is 2. The molecule has 1 saturated carbocycles. The van der Waals surface area contributed by atoms with E-state index in [1.807, 2.05) is 0 Å². The lowest BCUT2D eigenvalue weighted by atomic mass is 9.76. The van der Waals surface area contributed by atoms with Crippen molar-refractivity contribution in [3.05, 3.63) is 245 Å². The smallest absolute Gasteiger partial charge is 0.0540 e. The Kier molecular flexibility index (Phi) is 9.95. The number of anilines is 5. The molecule has 0 amide bonds. The van der Waals surface area contributed by atoms with Gasteiger partial charge in [0.15, 0.2) is 0 Å². The number of hydrogen-bond donors (Lipinski definition) is 0. The number of nitrogens with zero attached hydrogens (tertiary/aromatic N) is 2. The van der Waals surface area contributed by atoms with Crippen molar-refractivity contribution in [1.29, 1.82) is 0 Å². The molecule has 1 spiro atoms. The van der Waals surface area contributed by atoms with Crippen LogP contribution in [0, 0.1) is 0 Å². The molecule has 0 radical (unpaired) electrons. The third-order valence-corrected chi connectivity index (χ3v) is 14.4. The van der Waals surface area contributed by atoms with Crippen LogP contribution in [0.4, 0.5) is 28.4 Å². The second-order valence-electron chi connectivity index (χ2n) is 18.1. The maximum Gasteiger partial charge on any atom is 0.0540 e. The summed E-state index contributed by atoms with van der Waals surface area (Å²) in [6.45, 7) is 0. The van der Waals surface area contributed by atoms with Gasteiger partial charge >= 0.3 is 0 Å². The fourth-order valence-electron chi connectivity index (χ4n) is 11.2. The van der Waals surface area contributed by atoms with Crippen LogP contribution in [0.3, 0.4) is 0 Å². The standard InChI is InChI=1S/C49H37N.C15H13N/c1-7-17-46-37(11-1)26-27-38-12-2-8-18-47(38)50(46)48-30-29-39(40-13-3-4-15-43(40)48)36-24-21-34(22-25-36)19-20-35-23-28-42-41-14-5-6-16-44(41)49(45(42)33-35)31-9-10-32-49;1-16-14-8-4-2-6-12(14)10-11-13-7-3-5-9-15(13)16/h1-8,11-30,33H,9-10,31-32H2;2-11H,1H3/b20-19+;. The number of rotatable bonds is 4. The summed E-state index contributed by atoms with van der Waals surface area (Å²) >= 11 is 0. The van der Waals surface area contributed by atoms with Gasteiger partial charge in [-0.2, -0.15) is 0 Å². The van der Waals surface area contributed by atoms with Gasteiger partial charge in [0.1, 0.15) is 0 Å². The van der Waals surface area contributed by atoms with Crippen molar-refractivity contribution in [2.75, 3.05) is 16.8 Å². The van der Waals surface area contributed by atoms with E-state index in [1.165, 1.54) is 126 Å². The van der Waals surface area contributed by atoms with Crippen molar-refractivity contribution in [3.63, 3.8) is 0 Å². The molecule has 2 heteroatoms. The van der Waals surface area contributed by atoms with Gasteiger partial charge in [0.05, 0.1) is 17.1 Å². The molecule has 13 rings (SSSR count). The maximum atomic E-state index is 2.47. The fraction of sp³-hybridized carbons (Fsp3) is 0.0938. The summed E-state index contributed by atoms with van der Waals surface area (Å²) in [6.07, 6.45) is 18.5. The summed E-state index contributed by atoms with van der Waals surface area (Å²) in [6, 6.07) is 73.0. The van der Waals surface area contributed by atoms with Crippen molar-refractivity contribution in [2.24, 2.45) is 0 Å². The van der Waals surface area contributed by atoms with Gasteiger partial charge < -0.3 is 9.80 Å². The quantitative estimate of drug-likeness (QED) is 0.163. The Labute approximate surface area is 388 Å². The molecule has 1 fully saturated rings. The zero-order chi connectivity index (χ0) is 44.0. The van der Waals surface area contributed by atoms with E-state index in [0.717, 1.165) is 0 Å². The fourth-order valence-corrected chi connectivity index (χ4v) is 11.2.